The third-order valence-electron chi connectivity index (χ3n) is 8.16. The molecule has 0 aliphatic heterocycles. The summed E-state index contributed by atoms with van der Waals surface area (Å²) in [6, 6.07) is -0.743. The molecule has 242 valence electrons. The highest BCUT2D eigenvalue weighted by Gasteiger charge is 2.26. The number of nitrogens with zero attached hydrogens (tertiary/aromatic N) is 1. The number of carbonyl (C=O) groups excluding carboxylic acids is 2. The van der Waals surface area contributed by atoms with Crippen LogP contribution in [0.4, 0.5) is 0 Å². The quantitative estimate of drug-likeness (QED) is 0.0799. The van der Waals surface area contributed by atoms with Gasteiger partial charge in [-0.05, 0) is 25.7 Å². The van der Waals surface area contributed by atoms with Gasteiger partial charge >= 0.3 is 5.97 Å². The van der Waals surface area contributed by atoms with Crippen LogP contribution in [0.3, 0.4) is 0 Å². The maximum Gasteiger partial charge on any atom is 0.303 e. The standard InChI is InChI=1S/C35H68N2O4/c1-4-7-10-13-14-15-16-17-18-19-20-21-22-23-24-27-33(38)36-32(28-29-34(39)40)35(41)37(30-25-11-8-5-2)31-26-12-9-6-3/h32H,4-31H2,1-3H3,(H,36,38)(H,39,40). The van der Waals surface area contributed by atoms with Crippen LogP contribution < -0.4 is 5.32 Å². The average Bonchev–Trinajstić information content (AvgIpc) is 2.96. The second kappa shape index (κ2) is 29.9. The summed E-state index contributed by atoms with van der Waals surface area (Å²) in [6.07, 6.45) is 28.3. The van der Waals surface area contributed by atoms with Crippen molar-refractivity contribution < 1.29 is 19.5 Å². The summed E-state index contributed by atoms with van der Waals surface area (Å²) in [5.74, 6) is -1.17. The van der Waals surface area contributed by atoms with Crippen molar-refractivity contribution in [3.8, 4) is 0 Å². The summed E-state index contributed by atoms with van der Waals surface area (Å²) < 4.78 is 0. The largest absolute Gasteiger partial charge is 0.481 e. The Morgan fingerprint density at radius 2 is 0.902 bits per heavy atom. The van der Waals surface area contributed by atoms with Crippen LogP contribution in [0.2, 0.25) is 0 Å². The monoisotopic (exact) mass is 581 g/mol. The van der Waals surface area contributed by atoms with Crippen LogP contribution in [0.5, 0.6) is 0 Å². The maximum absolute atomic E-state index is 13.5. The van der Waals surface area contributed by atoms with Crippen LogP contribution >= 0.6 is 0 Å². The Hall–Kier alpha value is -1.59. The Morgan fingerprint density at radius 3 is 1.29 bits per heavy atom. The molecule has 41 heavy (non-hydrogen) atoms. The minimum absolute atomic E-state index is 0.107. The first-order valence-corrected chi connectivity index (χ1v) is 17.8. The van der Waals surface area contributed by atoms with Crippen LogP contribution in [0.15, 0.2) is 0 Å². The van der Waals surface area contributed by atoms with E-state index in [0.29, 0.717) is 19.5 Å². The van der Waals surface area contributed by atoms with Crippen LogP contribution in [0.25, 0.3) is 0 Å². The fraction of sp³-hybridized carbons (Fsp3) is 0.914. The van der Waals surface area contributed by atoms with E-state index < -0.39 is 12.0 Å². The molecule has 0 saturated carbocycles. The van der Waals surface area contributed by atoms with Crippen molar-refractivity contribution in [3.05, 3.63) is 0 Å². The van der Waals surface area contributed by atoms with Gasteiger partial charge in [-0.3, -0.25) is 14.4 Å². The fourth-order valence-electron chi connectivity index (χ4n) is 5.46. The molecule has 2 N–H and O–H groups in total. The van der Waals surface area contributed by atoms with Crippen molar-refractivity contribution in [1.29, 1.82) is 0 Å². The molecule has 1 unspecified atom stereocenters. The van der Waals surface area contributed by atoms with Gasteiger partial charge in [0, 0.05) is 25.9 Å². The van der Waals surface area contributed by atoms with Crippen molar-refractivity contribution in [3.63, 3.8) is 0 Å². The highest BCUT2D eigenvalue weighted by Crippen LogP contribution is 2.14. The molecule has 6 nitrogen and oxygen atoms in total. The fourth-order valence-corrected chi connectivity index (χ4v) is 5.46. The van der Waals surface area contributed by atoms with Crippen molar-refractivity contribution in [2.75, 3.05) is 13.1 Å². The first-order chi connectivity index (χ1) is 20.0. The van der Waals surface area contributed by atoms with Gasteiger partial charge in [0.25, 0.3) is 0 Å². The second-order valence-corrected chi connectivity index (χ2v) is 12.2. The molecule has 0 fully saturated rings. The van der Waals surface area contributed by atoms with E-state index in [1.165, 1.54) is 77.0 Å². The Labute approximate surface area is 254 Å². The van der Waals surface area contributed by atoms with Crippen LogP contribution in [0.1, 0.15) is 188 Å². The number of carbonyl (C=O) groups is 3. The van der Waals surface area contributed by atoms with Crippen molar-refractivity contribution in [2.24, 2.45) is 0 Å². The van der Waals surface area contributed by atoms with Gasteiger partial charge in [-0.15, -0.1) is 0 Å². The van der Waals surface area contributed by atoms with E-state index in [-0.39, 0.29) is 24.7 Å². The molecule has 2 amide bonds. The number of amides is 2. The normalized spacial score (nSPS) is 11.9. The van der Waals surface area contributed by atoms with Crippen molar-refractivity contribution in [1.82, 2.24) is 10.2 Å². The Bertz CT molecular complexity index is 613. The van der Waals surface area contributed by atoms with E-state index >= 15 is 0 Å². The number of hydrogen-bond donors (Lipinski definition) is 2. The van der Waals surface area contributed by atoms with Gasteiger partial charge in [0.05, 0.1) is 0 Å². The molecule has 0 aromatic heterocycles. The summed E-state index contributed by atoms with van der Waals surface area (Å²) in [5.41, 5.74) is 0. The molecular weight excluding hydrogens is 512 g/mol. The number of carboxylic acid groups (broad SMARTS) is 1. The summed E-state index contributed by atoms with van der Waals surface area (Å²) in [5, 5.41) is 12.1. The molecule has 0 aliphatic rings. The predicted octanol–water partition coefficient (Wildman–Crippen LogP) is 9.59. The van der Waals surface area contributed by atoms with Crippen LogP contribution in [0, 0.1) is 0 Å². The molecular formula is C35H68N2O4. The smallest absolute Gasteiger partial charge is 0.303 e. The number of hydrogen-bond acceptors (Lipinski definition) is 3. The lowest BCUT2D eigenvalue weighted by molar-refractivity contribution is -0.139. The molecule has 0 radical (unpaired) electrons. The van der Waals surface area contributed by atoms with Gasteiger partial charge in [-0.1, -0.05) is 149 Å². The van der Waals surface area contributed by atoms with Crippen molar-refractivity contribution >= 4 is 17.8 Å². The van der Waals surface area contributed by atoms with Gasteiger partial charge in [0.2, 0.25) is 11.8 Å². The summed E-state index contributed by atoms with van der Waals surface area (Å²) in [6.45, 7) is 7.98. The van der Waals surface area contributed by atoms with E-state index in [1.54, 1.807) is 0 Å². The molecule has 0 rings (SSSR count). The van der Waals surface area contributed by atoms with Crippen LogP contribution in [-0.2, 0) is 14.4 Å². The Kier molecular flexibility index (Phi) is 28.7. The van der Waals surface area contributed by atoms with E-state index in [4.69, 9.17) is 0 Å². The van der Waals surface area contributed by atoms with E-state index in [2.05, 4.69) is 26.1 Å². The summed E-state index contributed by atoms with van der Waals surface area (Å²) >= 11 is 0. The maximum atomic E-state index is 13.5. The Balaban J connectivity index is 4.35. The first-order valence-electron chi connectivity index (χ1n) is 17.8. The first kappa shape index (κ1) is 39.4. The zero-order valence-electron chi connectivity index (χ0n) is 27.5. The van der Waals surface area contributed by atoms with E-state index in [9.17, 15) is 19.5 Å². The molecule has 0 aromatic carbocycles. The molecule has 6 heteroatoms. The van der Waals surface area contributed by atoms with E-state index in [0.717, 1.165) is 70.6 Å². The second-order valence-electron chi connectivity index (χ2n) is 12.2. The molecule has 0 spiro atoms. The lowest BCUT2D eigenvalue weighted by Gasteiger charge is -2.28. The summed E-state index contributed by atoms with van der Waals surface area (Å²) in [4.78, 5) is 39.3. The van der Waals surface area contributed by atoms with Crippen LogP contribution in [-0.4, -0.2) is 46.9 Å². The van der Waals surface area contributed by atoms with Crippen molar-refractivity contribution in [2.45, 2.75) is 194 Å². The number of aliphatic carboxylic acids is 1. The molecule has 0 saturated heterocycles. The number of unbranched alkanes of at least 4 members (excludes halogenated alkanes) is 20. The third kappa shape index (κ3) is 25.8. The zero-order chi connectivity index (χ0) is 30.4. The van der Waals surface area contributed by atoms with E-state index in [1.807, 2.05) is 4.90 Å². The molecule has 1 atom stereocenters. The van der Waals surface area contributed by atoms with Gasteiger partial charge < -0.3 is 15.3 Å². The number of carboxylic acids is 1. The highest BCUT2D eigenvalue weighted by atomic mass is 16.4. The molecule has 0 aromatic rings. The lowest BCUT2D eigenvalue weighted by Crippen LogP contribution is -2.49. The van der Waals surface area contributed by atoms with Gasteiger partial charge in [0.15, 0.2) is 0 Å². The van der Waals surface area contributed by atoms with Gasteiger partial charge in [0.1, 0.15) is 6.04 Å². The highest BCUT2D eigenvalue weighted by molar-refractivity contribution is 5.88. The van der Waals surface area contributed by atoms with Gasteiger partial charge in [-0.2, -0.15) is 0 Å². The molecule has 0 bridgehead atoms. The zero-order valence-corrected chi connectivity index (χ0v) is 27.5. The topological polar surface area (TPSA) is 86.7 Å². The van der Waals surface area contributed by atoms with Gasteiger partial charge in [-0.25, -0.2) is 0 Å². The number of nitrogens with one attached hydrogen (secondary N) is 1. The SMILES string of the molecule is CCCCCCCCCCCCCCCCCC(=O)NC(CCC(=O)O)C(=O)N(CCCCCC)CCCCCC. The molecule has 0 aliphatic carbocycles. The Morgan fingerprint density at radius 1 is 0.537 bits per heavy atom. The molecule has 0 heterocycles. The summed E-state index contributed by atoms with van der Waals surface area (Å²) in [7, 11) is 0. The predicted molar refractivity (Wildman–Crippen MR) is 173 cm³/mol. The minimum Gasteiger partial charge on any atom is -0.481 e. The average molecular weight is 581 g/mol. The third-order valence-corrected chi connectivity index (χ3v) is 8.16. The lowest BCUT2D eigenvalue weighted by atomic mass is 10.0. The minimum atomic E-state index is -0.933. The number of rotatable bonds is 31.